The Bertz CT molecular complexity index is 1590. The van der Waals surface area contributed by atoms with Crippen LogP contribution in [0.5, 0.6) is 17.2 Å². The number of anilines is 1. The number of aryl methyl sites for hydroxylation is 1. The molecule has 1 saturated heterocycles. The fourth-order valence-corrected chi connectivity index (χ4v) is 6.11. The summed E-state index contributed by atoms with van der Waals surface area (Å²) >= 11 is 0. The van der Waals surface area contributed by atoms with Crippen LogP contribution >= 0.6 is 0 Å². The number of hydrogen-bond donors (Lipinski definition) is 2. The molecule has 44 heavy (non-hydrogen) atoms. The zero-order valence-electron chi connectivity index (χ0n) is 25.8. The molecule has 0 bridgehead atoms. The standard InChI is InChI=1S/C34H39N3O7/c1-20(34(40)37-15-16-44-30(19-37)22-9-7-6-8-10-22)35-27-14-12-24-25(18-28(27)39)26(36-21(2)38)13-11-23-17-29(41-3)32(42-4)33(43-5)31(23)24/h6-10,12,14,17-18,20,26,30H,11,13,15-16,19H2,1-5H3,(H,35,39)(H,36,38)/t20-,26-,30?/m0/s1. The molecular weight excluding hydrogens is 562 g/mol. The first-order valence-electron chi connectivity index (χ1n) is 14.7. The number of nitrogens with one attached hydrogen (secondary N) is 2. The minimum Gasteiger partial charge on any atom is -0.493 e. The number of benzene rings is 2. The third kappa shape index (κ3) is 6.21. The van der Waals surface area contributed by atoms with Crippen LogP contribution in [0.1, 0.15) is 49.1 Å². The molecule has 1 heterocycles. The predicted octanol–water partition coefficient (Wildman–Crippen LogP) is 4.26. The van der Waals surface area contributed by atoms with Crippen molar-refractivity contribution in [3.63, 3.8) is 0 Å². The Balaban J connectivity index is 1.51. The maximum absolute atomic E-state index is 13.7. The van der Waals surface area contributed by atoms with E-state index in [2.05, 4.69) is 10.6 Å². The Morgan fingerprint density at radius 2 is 1.75 bits per heavy atom. The summed E-state index contributed by atoms with van der Waals surface area (Å²) in [6.07, 6.45) is 0.945. The summed E-state index contributed by atoms with van der Waals surface area (Å²) in [5.74, 6) is 1.11. The van der Waals surface area contributed by atoms with E-state index in [1.807, 2.05) is 42.5 Å². The number of rotatable bonds is 8. The predicted molar refractivity (Wildman–Crippen MR) is 167 cm³/mol. The van der Waals surface area contributed by atoms with Crippen molar-refractivity contribution in [2.45, 2.75) is 44.9 Å². The van der Waals surface area contributed by atoms with Crippen LogP contribution in [0.4, 0.5) is 5.69 Å². The van der Waals surface area contributed by atoms with Gasteiger partial charge in [0.2, 0.25) is 23.0 Å². The summed E-state index contributed by atoms with van der Waals surface area (Å²) in [5, 5.41) is 6.18. The van der Waals surface area contributed by atoms with E-state index >= 15 is 0 Å². The van der Waals surface area contributed by atoms with Crippen molar-refractivity contribution >= 4 is 17.5 Å². The lowest BCUT2D eigenvalue weighted by molar-refractivity contribution is -0.139. The Morgan fingerprint density at radius 1 is 1.00 bits per heavy atom. The van der Waals surface area contributed by atoms with Gasteiger partial charge in [-0.15, -0.1) is 0 Å². The zero-order chi connectivity index (χ0) is 31.4. The van der Waals surface area contributed by atoms with Gasteiger partial charge in [0.05, 0.1) is 46.2 Å². The SMILES string of the molecule is COc1cc2c(c(OC)c1OC)-c1ccc(N[C@@H](C)C(=O)N3CCOC(c4ccccc4)C3)c(=O)cc1[C@@H](NC(C)=O)CC2. The molecule has 2 amide bonds. The molecule has 10 nitrogen and oxygen atoms in total. The number of hydrogen-bond acceptors (Lipinski definition) is 8. The van der Waals surface area contributed by atoms with E-state index in [-0.39, 0.29) is 29.0 Å². The van der Waals surface area contributed by atoms with Crippen LogP contribution in [0.15, 0.2) is 59.4 Å². The highest BCUT2D eigenvalue weighted by molar-refractivity contribution is 5.86. The number of amides is 2. The monoisotopic (exact) mass is 601 g/mol. The van der Waals surface area contributed by atoms with E-state index in [9.17, 15) is 14.4 Å². The molecule has 5 rings (SSSR count). The normalized spacial score (nSPS) is 18.2. The Labute approximate surface area is 257 Å². The molecule has 1 aliphatic heterocycles. The van der Waals surface area contributed by atoms with E-state index in [0.29, 0.717) is 55.4 Å². The molecular formula is C34H39N3O7. The van der Waals surface area contributed by atoms with Crippen LogP contribution in [0.3, 0.4) is 0 Å². The van der Waals surface area contributed by atoms with Crippen LogP contribution in [-0.2, 0) is 20.7 Å². The first-order chi connectivity index (χ1) is 21.2. The van der Waals surface area contributed by atoms with Crippen molar-refractivity contribution in [2.24, 2.45) is 0 Å². The number of morpholine rings is 1. The largest absolute Gasteiger partial charge is 0.493 e. The minimum absolute atomic E-state index is 0.123. The second kappa shape index (κ2) is 13.4. The molecule has 1 fully saturated rings. The lowest BCUT2D eigenvalue weighted by atomic mass is 9.95. The molecule has 1 aliphatic carbocycles. The molecule has 3 atom stereocenters. The van der Waals surface area contributed by atoms with E-state index in [0.717, 1.165) is 22.3 Å². The molecule has 1 unspecified atom stereocenters. The maximum Gasteiger partial charge on any atom is 0.244 e. The molecule has 0 saturated carbocycles. The summed E-state index contributed by atoms with van der Waals surface area (Å²) in [6.45, 7) is 4.53. The van der Waals surface area contributed by atoms with Crippen LogP contribution in [-0.4, -0.2) is 63.8 Å². The quantitative estimate of drug-likeness (QED) is 0.394. The number of fused-ring (bicyclic) bond motifs is 3. The van der Waals surface area contributed by atoms with Gasteiger partial charge in [0.25, 0.3) is 0 Å². The van der Waals surface area contributed by atoms with Crippen molar-refractivity contribution in [2.75, 3.05) is 46.3 Å². The number of carbonyl (C=O) groups is 2. The fourth-order valence-electron chi connectivity index (χ4n) is 6.11. The van der Waals surface area contributed by atoms with E-state index in [1.54, 1.807) is 45.3 Å². The van der Waals surface area contributed by atoms with Crippen LogP contribution in [0.25, 0.3) is 11.1 Å². The van der Waals surface area contributed by atoms with Gasteiger partial charge in [-0.2, -0.15) is 0 Å². The van der Waals surface area contributed by atoms with Crippen molar-refractivity contribution < 1.29 is 28.5 Å². The molecule has 0 aromatic heterocycles. The topological polar surface area (TPSA) is 115 Å². The average Bonchev–Trinajstić information content (AvgIpc) is 3.28. The second-order valence-electron chi connectivity index (χ2n) is 11.0. The van der Waals surface area contributed by atoms with Gasteiger partial charge in [0.1, 0.15) is 12.1 Å². The first kappa shape index (κ1) is 30.9. The van der Waals surface area contributed by atoms with Crippen LogP contribution in [0, 0.1) is 0 Å². The van der Waals surface area contributed by atoms with Gasteiger partial charge in [-0.3, -0.25) is 14.4 Å². The van der Waals surface area contributed by atoms with Gasteiger partial charge < -0.3 is 34.5 Å². The highest BCUT2D eigenvalue weighted by atomic mass is 16.5. The molecule has 2 N–H and O–H groups in total. The van der Waals surface area contributed by atoms with Crippen molar-refractivity contribution in [1.82, 2.24) is 10.2 Å². The highest BCUT2D eigenvalue weighted by Gasteiger charge is 2.31. The molecule has 3 aromatic carbocycles. The highest BCUT2D eigenvalue weighted by Crippen LogP contribution is 2.50. The van der Waals surface area contributed by atoms with Gasteiger partial charge >= 0.3 is 0 Å². The molecule has 10 heteroatoms. The van der Waals surface area contributed by atoms with Crippen LogP contribution < -0.4 is 30.3 Å². The summed E-state index contributed by atoms with van der Waals surface area (Å²) in [6, 6.07) is 15.7. The number of methoxy groups -OCH3 is 3. The Kier molecular flexibility index (Phi) is 9.39. The number of carbonyl (C=O) groups excluding carboxylic acids is 2. The van der Waals surface area contributed by atoms with Crippen LogP contribution in [0.2, 0.25) is 0 Å². The zero-order valence-corrected chi connectivity index (χ0v) is 25.8. The summed E-state index contributed by atoms with van der Waals surface area (Å²) in [4.78, 5) is 41.2. The Hall–Kier alpha value is -4.57. The molecule has 0 radical (unpaired) electrons. The van der Waals surface area contributed by atoms with Gasteiger partial charge in [0.15, 0.2) is 11.5 Å². The molecule has 232 valence electrons. The van der Waals surface area contributed by atoms with Crippen molar-refractivity contribution in [1.29, 1.82) is 0 Å². The van der Waals surface area contributed by atoms with Gasteiger partial charge in [-0.25, -0.2) is 0 Å². The number of nitrogens with zero attached hydrogens (tertiary/aromatic N) is 1. The second-order valence-corrected chi connectivity index (χ2v) is 11.0. The maximum atomic E-state index is 13.7. The van der Waals surface area contributed by atoms with E-state index in [1.165, 1.54) is 6.92 Å². The first-order valence-corrected chi connectivity index (χ1v) is 14.7. The van der Waals surface area contributed by atoms with E-state index < -0.39 is 12.1 Å². The fraction of sp³-hybridized carbons (Fsp3) is 0.382. The minimum atomic E-state index is -0.670. The smallest absolute Gasteiger partial charge is 0.244 e. The van der Waals surface area contributed by atoms with Gasteiger partial charge in [0, 0.05) is 19.0 Å². The molecule has 0 spiro atoms. The average molecular weight is 602 g/mol. The van der Waals surface area contributed by atoms with Crippen molar-refractivity contribution in [3.05, 3.63) is 81.5 Å². The summed E-state index contributed by atoms with van der Waals surface area (Å²) in [7, 11) is 4.67. The van der Waals surface area contributed by atoms with Crippen molar-refractivity contribution in [3.8, 4) is 28.4 Å². The van der Waals surface area contributed by atoms with Gasteiger partial charge in [-0.05, 0) is 60.2 Å². The lowest BCUT2D eigenvalue weighted by Crippen LogP contribution is -2.48. The number of ether oxygens (including phenoxy) is 4. The Morgan fingerprint density at radius 3 is 2.43 bits per heavy atom. The third-order valence-electron chi connectivity index (χ3n) is 8.21. The molecule has 3 aromatic rings. The summed E-state index contributed by atoms with van der Waals surface area (Å²) in [5.41, 5.74) is 4.06. The van der Waals surface area contributed by atoms with E-state index in [4.69, 9.17) is 18.9 Å². The lowest BCUT2D eigenvalue weighted by Gasteiger charge is -2.34. The summed E-state index contributed by atoms with van der Waals surface area (Å²) < 4.78 is 23.1. The van der Waals surface area contributed by atoms with Gasteiger partial charge in [-0.1, -0.05) is 36.4 Å². The molecule has 2 aliphatic rings. The third-order valence-corrected chi connectivity index (χ3v) is 8.21.